The molecular formula is C14H20N2O3. The van der Waals surface area contributed by atoms with Crippen molar-refractivity contribution in [2.24, 2.45) is 0 Å². The molecular weight excluding hydrogens is 244 g/mol. The third-order valence-electron chi connectivity index (χ3n) is 3.25. The van der Waals surface area contributed by atoms with Crippen molar-refractivity contribution in [3.05, 3.63) is 24.3 Å². The van der Waals surface area contributed by atoms with Gasteiger partial charge in [-0.2, -0.15) is 0 Å². The van der Waals surface area contributed by atoms with Crippen LogP contribution in [0.3, 0.4) is 0 Å². The highest BCUT2D eigenvalue weighted by molar-refractivity contribution is 5.95. The molecule has 19 heavy (non-hydrogen) atoms. The molecule has 1 aliphatic heterocycles. The van der Waals surface area contributed by atoms with E-state index in [-0.39, 0.29) is 12.2 Å². The Hall–Kier alpha value is -1.59. The Kier molecular flexibility index (Phi) is 4.76. The van der Waals surface area contributed by atoms with E-state index in [1.165, 1.54) is 0 Å². The Morgan fingerprint density at radius 2 is 1.95 bits per heavy atom. The van der Waals surface area contributed by atoms with Crippen molar-refractivity contribution in [2.75, 3.05) is 37.5 Å². The van der Waals surface area contributed by atoms with E-state index in [0.717, 1.165) is 24.3 Å². The van der Waals surface area contributed by atoms with Crippen molar-refractivity contribution in [3.63, 3.8) is 0 Å². The minimum absolute atomic E-state index is 0.208. The first-order valence-corrected chi connectivity index (χ1v) is 6.44. The predicted molar refractivity (Wildman–Crippen MR) is 74.3 cm³/mol. The van der Waals surface area contributed by atoms with Gasteiger partial charge in [-0.3, -0.25) is 4.79 Å². The number of amides is 1. The fourth-order valence-corrected chi connectivity index (χ4v) is 2.14. The van der Waals surface area contributed by atoms with Gasteiger partial charge >= 0.3 is 0 Å². The average Bonchev–Trinajstić information content (AvgIpc) is 2.87. The van der Waals surface area contributed by atoms with Crippen LogP contribution < -0.4 is 10.2 Å². The molecule has 0 bridgehead atoms. The number of hydrogen-bond donors (Lipinski definition) is 1. The number of rotatable bonds is 6. The summed E-state index contributed by atoms with van der Waals surface area (Å²) in [7, 11) is 3.22. The van der Waals surface area contributed by atoms with Gasteiger partial charge in [-0.05, 0) is 30.7 Å². The van der Waals surface area contributed by atoms with Crippen LogP contribution in [-0.4, -0.2) is 39.5 Å². The lowest BCUT2D eigenvalue weighted by Crippen LogP contribution is -2.24. The fourth-order valence-electron chi connectivity index (χ4n) is 2.14. The minimum Gasteiger partial charge on any atom is -0.380 e. The van der Waals surface area contributed by atoms with Crippen LogP contribution in [0.1, 0.15) is 12.8 Å². The summed E-state index contributed by atoms with van der Waals surface area (Å²) < 4.78 is 10.2. The quantitative estimate of drug-likeness (QED) is 0.797. The fraction of sp³-hybridized carbons (Fsp3) is 0.500. The molecule has 2 rings (SSSR count). The molecule has 0 aromatic heterocycles. The van der Waals surface area contributed by atoms with E-state index in [1.807, 2.05) is 29.2 Å². The lowest BCUT2D eigenvalue weighted by molar-refractivity contribution is -0.117. The number of methoxy groups -OCH3 is 2. The van der Waals surface area contributed by atoms with Gasteiger partial charge in [0, 0.05) is 38.6 Å². The highest BCUT2D eigenvalue weighted by Crippen LogP contribution is 2.22. The zero-order chi connectivity index (χ0) is 13.7. The SMILES string of the molecule is COC(CNc1ccc(N2CCCC2=O)cc1)OC. The van der Waals surface area contributed by atoms with E-state index in [0.29, 0.717) is 13.0 Å². The van der Waals surface area contributed by atoms with Crippen molar-refractivity contribution in [1.29, 1.82) is 0 Å². The summed E-state index contributed by atoms with van der Waals surface area (Å²) in [4.78, 5) is 13.5. The maximum absolute atomic E-state index is 11.6. The van der Waals surface area contributed by atoms with Gasteiger partial charge in [0.1, 0.15) is 0 Å². The first-order valence-electron chi connectivity index (χ1n) is 6.44. The molecule has 0 radical (unpaired) electrons. The number of ether oxygens (including phenoxy) is 2. The number of hydrogen-bond acceptors (Lipinski definition) is 4. The van der Waals surface area contributed by atoms with Crippen LogP contribution in [0.5, 0.6) is 0 Å². The molecule has 5 heteroatoms. The summed E-state index contributed by atoms with van der Waals surface area (Å²) >= 11 is 0. The third-order valence-corrected chi connectivity index (χ3v) is 3.25. The highest BCUT2D eigenvalue weighted by Gasteiger charge is 2.21. The number of carbonyl (C=O) groups is 1. The number of carbonyl (C=O) groups excluding carboxylic acids is 1. The normalized spacial score (nSPS) is 15.3. The third kappa shape index (κ3) is 3.45. The van der Waals surface area contributed by atoms with Crippen LogP contribution in [0.2, 0.25) is 0 Å². The summed E-state index contributed by atoms with van der Waals surface area (Å²) in [5.74, 6) is 0.208. The molecule has 0 spiro atoms. The van der Waals surface area contributed by atoms with Crippen LogP contribution in [0.15, 0.2) is 24.3 Å². The van der Waals surface area contributed by atoms with Crippen LogP contribution in [0, 0.1) is 0 Å². The van der Waals surface area contributed by atoms with E-state index < -0.39 is 0 Å². The zero-order valence-electron chi connectivity index (χ0n) is 11.4. The van der Waals surface area contributed by atoms with Crippen LogP contribution in [-0.2, 0) is 14.3 Å². The van der Waals surface area contributed by atoms with Crippen molar-refractivity contribution in [3.8, 4) is 0 Å². The van der Waals surface area contributed by atoms with E-state index in [1.54, 1.807) is 14.2 Å². The average molecular weight is 264 g/mol. The van der Waals surface area contributed by atoms with E-state index in [4.69, 9.17) is 9.47 Å². The monoisotopic (exact) mass is 264 g/mol. The Morgan fingerprint density at radius 1 is 1.26 bits per heavy atom. The molecule has 1 N–H and O–H groups in total. The Balaban J connectivity index is 1.93. The molecule has 1 heterocycles. The maximum atomic E-state index is 11.6. The van der Waals surface area contributed by atoms with Gasteiger partial charge in [-0.25, -0.2) is 0 Å². The van der Waals surface area contributed by atoms with Gasteiger partial charge < -0.3 is 19.7 Å². The second-order valence-electron chi connectivity index (χ2n) is 4.48. The zero-order valence-corrected chi connectivity index (χ0v) is 11.4. The summed E-state index contributed by atoms with van der Waals surface area (Å²) in [6.45, 7) is 1.40. The first-order chi connectivity index (χ1) is 9.24. The van der Waals surface area contributed by atoms with Gasteiger partial charge in [0.15, 0.2) is 6.29 Å². The molecule has 5 nitrogen and oxygen atoms in total. The molecule has 1 aromatic carbocycles. The Labute approximate surface area is 113 Å². The van der Waals surface area contributed by atoms with E-state index >= 15 is 0 Å². The highest BCUT2D eigenvalue weighted by atomic mass is 16.7. The lowest BCUT2D eigenvalue weighted by atomic mass is 10.2. The molecule has 1 saturated heterocycles. The number of anilines is 2. The molecule has 104 valence electrons. The summed E-state index contributed by atoms with van der Waals surface area (Å²) in [6, 6.07) is 7.84. The van der Waals surface area contributed by atoms with Gasteiger partial charge in [-0.15, -0.1) is 0 Å². The number of benzene rings is 1. The predicted octanol–water partition coefficient (Wildman–Crippen LogP) is 1.84. The second-order valence-corrected chi connectivity index (χ2v) is 4.48. The Bertz CT molecular complexity index is 415. The topological polar surface area (TPSA) is 50.8 Å². The standard InChI is InChI=1S/C14H20N2O3/c1-18-14(19-2)10-15-11-5-7-12(8-6-11)16-9-3-4-13(16)17/h5-8,14-15H,3-4,9-10H2,1-2H3. The van der Waals surface area contributed by atoms with Crippen molar-refractivity contribution >= 4 is 17.3 Å². The van der Waals surface area contributed by atoms with Crippen molar-refractivity contribution in [1.82, 2.24) is 0 Å². The molecule has 1 aliphatic rings. The smallest absolute Gasteiger partial charge is 0.227 e. The molecule has 1 amide bonds. The molecule has 1 aromatic rings. The molecule has 0 saturated carbocycles. The van der Waals surface area contributed by atoms with Crippen LogP contribution >= 0.6 is 0 Å². The van der Waals surface area contributed by atoms with Gasteiger partial charge in [0.05, 0.1) is 6.54 Å². The molecule has 1 fully saturated rings. The largest absolute Gasteiger partial charge is 0.380 e. The summed E-state index contributed by atoms with van der Waals surface area (Å²) in [5, 5.41) is 3.22. The van der Waals surface area contributed by atoms with Gasteiger partial charge in [0.25, 0.3) is 0 Å². The van der Waals surface area contributed by atoms with Crippen LogP contribution in [0.25, 0.3) is 0 Å². The minimum atomic E-state index is -0.264. The van der Waals surface area contributed by atoms with E-state index in [2.05, 4.69) is 5.32 Å². The maximum Gasteiger partial charge on any atom is 0.227 e. The van der Waals surface area contributed by atoms with Gasteiger partial charge in [0.2, 0.25) is 5.91 Å². The van der Waals surface area contributed by atoms with Crippen LogP contribution in [0.4, 0.5) is 11.4 Å². The Morgan fingerprint density at radius 3 is 2.47 bits per heavy atom. The number of nitrogens with one attached hydrogen (secondary N) is 1. The molecule has 0 unspecified atom stereocenters. The number of nitrogens with zero attached hydrogens (tertiary/aromatic N) is 1. The molecule has 0 atom stereocenters. The van der Waals surface area contributed by atoms with Crippen molar-refractivity contribution in [2.45, 2.75) is 19.1 Å². The van der Waals surface area contributed by atoms with Gasteiger partial charge in [-0.1, -0.05) is 0 Å². The summed E-state index contributed by atoms with van der Waals surface area (Å²) in [6.07, 6.45) is 1.34. The second kappa shape index (κ2) is 6.54. The summed E-state index contributed by atoms with van der Waals surface area (Å²) in [5.41, 5.74) is 1.94. The lowest BCUT2D eigenvalue weighted by Gasteiger charge is -2.17. The molecule has 0 aliphatic carbocycles. The van der Waals surface area contributed by atoms with Crippen molar-refractivity contribution < 1.29 is 14.3 Å². The first kappa shape index (κ1) is 13.8. The van der Waals surface area contributed by atoms with E-state index in [9.17, 15) is 4.79 Å².